The summed E-state index contributed by atoms with van der Waals surface area (Å²) in [6.07, 6.45) is 4.32. The van der Waals surface area contributed by atoms with Gasteiger partial charge in [-0.05, 0) is 50.0 Å². The van der Waals surface area contributed by atoms with Crippen molar-refractivity contribution >= 4 is 5.91 Å². The van der Waals surface area contributed by atoms with E-state index in [4.69, 9.17) is 5.73 Å². The van der Waals surface area contributed by atoms with Gasteiger partial charge in [-0.2, -0.15) is 0 Å². The van der Waals surface area contributed by atoms with Crippen molar-refractivity contribution in [3.05, 3.63) is 29.8 Å². The predicted molar refractivity (Wildman–Crippen MR) is 83.1 cm³/mol. The van der Waals surface area contributed by atoms with Gasteiger partial charge in [-0.3, -0.25) is 4.79 Å². The van der Waals surface area contributed by atoms with Gasteiger partial charge in [-0.25, -0.2) is 0 Å². The Morgan fingerprint density at radius 3 is 2.57 bits per heavy atom. The molecular formula is C16H25N3O2. The number of nitrogens with one attached hydrogen (secondary N) is 1. The van der Waals surface area contributed by atoms with Crippen molar-refractivity contribution in [1.29, 1.82) is 0 Å². The summed E-state index contributed by atoms with van der Waals surface area (Å²) in [6, 6.07) is 6.25. The summed E-state index contributed by atoms with van der Waals surface area (Å²) in [5.74, 6) is 0.110. The van der Waals surface area contributed by atoms with Crippen molar-refractivity contribution in [3.63, 3.8) is 0 Å². The second-order valence-corrected chi connectivity index (χ2v) is 5.67. The van der Waals surface area contributed by atoms with E-state index in [1.54, 1.807) is 24.3 Å². The van der Waals surface area contributed by atoms with E-state index in [9.17, 15) is 9.90 Å². The van der Waals surface area contributed by atoms with Crippen LogP contribution >= 0.6 is 0 Å². The summed E-state index contributed by atoms with van der Waals surface area (Å²) in [4.78, 5) is 14.3. The van der Waals surface area contributed by atoms with E-state index in [0.29, 0.717) is 13.0 Å². The first-order valence-electron chi connectivity index (χ1n) is 7.69. The lowest BCUT2D eigenvalue weighted by atomic mass is 10.1. The fraction of sp³-hybridized carbons (Fsp3) is 0.562. The molecule has 0 aliphatic carbocycles. The van der Waals surface area contributed by atoms with E-state index in [2.05, 4.69) is 10.2 Å². The summed E-state index contributed by atoms with van der Waals surface area (Å²) in [6.45, 7) is 3.82. The Morgan fingerprint density at radius 1 is 1.24 bits per heavy atom. The highest BCUT2D eigenvalue weighted by Crippen LogP contribution is 2.11. The third-order valence-corrected chi connectivity index (χ3v) is 3.90. The Bertz CT molecular complexity index is 441. The molecule has 1 heterocycles. The Morgan fingerprint density at radius 2 is 1.90 bits per heavy atom. The molecule has 5 nitrogen and oxygen atoms in total. The Labute approximate surface area is 126 Å². The third kappa shape index (κ3) is 5.36. The van der Waals surface area contributed by atoms with Gasteiger partial charge in [0.1, 0.15) is 5.75 Å². The molecule has 1 amide bonds. The summed E-state index contributed by atoms with van der Waals surface area (Å²) in [5.41, 5.74) is 6.87. The molecular weight excluding hydrogens is 266 g/mol. The predicted octanol–water partition coefficient (Wildman–Crippen LogP) is 0.864. The largest absolute Gasteiger partial charge is 0.508 e. The van der Waals surface area contributed by atoms with Gasteiger partial charge in [0.2, 0.25) is 5.91 Å². The Hall–Kier alpha value is -1.59. The van der Waals surface area contributed by atoms with Gasteiger partial charge in [-0.15, -0.1) is 0 Å². The minimum atomic E-state index is -0.545. The van der Waals surface area contributed by atoms with Gasteiger partial charge in [0.25, 0.3) is 0 Å². The molecule has 0 saturated carbocycles. The number of hydrogen-bond acceptors (Lipinski definition) is 4. The van der Waals surface area contributed by atoms with Crippen LogP contribution in [0.25, 0.3) is 0 Å². The lowest BCUT2D eigenvalue weighted by Gasteiger charge is -2.26. The second-order valence-electron chi connectivity index (χ2n) is 5.67. The van der Waals surface area contributed by atoms with Crippen LogP contribution in [-0.4, -0.2) is 48.1 Å². The van der Waals surface area contributed by atoms with E-state index < -0.39 is 6.04 Å². The zero-order valence-electron chi connectivity index (χ0n) is 12.4. The lowest BCUT2D eigenvalue weighted by Crippen LogP contribution is -2.45. The molecule has 1 aliphatic heterocycles. The Balaban J connectivity index is 1.68. The fourth-order valence-electron chi connectivity index (χ4n) is 2.63. The standard InChI is InChI=1S/C16H25N3O2/c17-15(12-13-4-6-14(20)7-5-13)16(21)18-8-11-19-9-2-1-3-10-19/h4-7,15,20H,1-3,8-12,17H2,(H,18,21)/t15-/m0/s1. The van der Waals surface area contributed by atoms with E-state index in [0.717, 1.165) is 25.2 Å². The highest BCUT2D eigenvalue weighted by molar-refractivity contribution is 5.81. The molecule has 1 fully saturated rings. The topological polar surface area (TPSA) is 78.6 Å². The van der Waals surface area contributed by atoms with Crippen LogP contribution in [-0.2, 0) is 11.2 Å². The van der Waals surface area contributed by atoms with E-state index in [-0.39, 0.29) is 11.7 Å². The molecule has 1 atom stereocenters. The SMILES string of the molecule is N[C@@H](Cc1ccc(O)cc1)C(=O)NCCN1CCCCC1. The fourth-order valence-corrected chi connectivity index (χ4v) is 2.63. The maximum Gasteiger partial charge on any atom is 0.237 e. The first-order valence-corrected chi connectivity index (χ1v) is 7.69. The van der Waals surface area contributed by atoms with Crippen LogP contribution in [0.15, 0.2) is 24.3 Å². The molecule has 2 rings (SSSR count). The number of likely N-dealkylation sites (tertiary alicyclic amines) is 1. The van der Waals surface area contributed by atoms with Crippen LogP contribution in [0.4, 0.5) is 0 Å². The quantitative estimate of drug-likeness (QED) is 0.726. The number of piperidine rings is 1. The molecule has 116 valence electrons. The number of rotatable bonds is 6. The molecule has 5 heteroatoms. The van der Waals surface area contributed by atoms with Crippen LogP contribution in [0.1, 0.15) is 24.8 Å². The maximum atomic E-state index is 12.0. The number of hydrogen-bond donors (Lipinski definition) is 3. The molecule has 21 heavy (non-hydrogen) atoms. The molecule has 1 aromatic carbocycles. The van der Waals surface area contributed by atoms with E-state index in [1.165, 1.54) is 19.3 Å². The molecule has 0 bridgehead atoms. The molecule has 1 saturated heterocycles. The highest BCUT2D eigenvalue weighted by Gasteiger charge is 2.15. The second kappa shape index (κ2) is 8.00. The summed E-state index contributed by atoms with van der Waals surface area (Å²) in [5, 5.41) is 12.1. The van der Waals surface area contributed by atoms with E-state index >= 15 is 0 Å². The number of nitrogens with zero attached hydrogens (tertiary/aromatic N) is 1. The molecule has 0 spiro atoms. The van der Waals surface area contributed by atoms with Crippen LogP contribution in [0.2, 0.25) is 0 Å². The zero-order valence-corrected chi connectivity index (χ0v) is 12.4. The Kier molecular flexibility index (Phi) is 6.02. The minimum absolute atomic E-state index is 0.111. The normalized spacial score (nSPS) is 17.4. The molecule has 1 aromatic rings. The van der Waals surface area contributed by atoms with Crippen molar-refractivity contribution in [2.24, 2.45) is 5.73 Å². The number of carbonyl (C=O) groups excluding carboxylic acids is 1. The summed E-state index contributed by atoms with van der Waals surface area (Å²) in [7, 11) is 0. The number of carbonyl (C=O) groups is 1. The van der Waals surface area contributed by atoms with Crippen LogP contribution < -0.4 is 11.1 Å². The van der Waals surface area contributed by atoms with Crippen molar-refractivity contribution in [1.82, 2.24) is 10.2 Å². The average Bonchev–Trinajstić information content (AvgIpc) is 2.50. The number of nitrogens with two attached hydrogens (primary N) is 1. The van der Waals surface area contributed by atoms with Gasteiger partial charge in [0.05, 0.1) is 6.04 Å². The number of benzene rings is 1. The summed E-state index contributed by atoms with van der Waals surface area (Å²) < 4.78 is 0. The number of phenolic OH excluding ortho intramolecular Hbond substituents is 1. The van der Waals surface area contributed by atoms with Crippen molar-refractivity contribution in [2.45, 2.75) is 31.7 Å². The molecule has 0 unspecified atom stereocenters. The lowest BCUT2D eigenvalue weighted by molar-refractivity contribution is -0.122. The number of amides is 1. The van der Waals surface area contributed by atoms with Gasteiger partial charge in [-0.1, -0.05) is 18.6 Å². The highest BCUT2D eigenvalue weighted by atomic mass is 16.3. The van der Waals surface area contributed by atoms with Gasteiger partial charge in [0, 0.05) is 13.1 Å². The number of phenols is 1. The van der Waals surface area contributed by atoms with Crippen molar-refractivity contribution < 1.29 is 9.90 Å². The third-order valence-electron chi connectivity index (χ3n) is 3.90. The molecule has 0 radical (unpaired) electrons. The van der Waals surface area contributed by atoms with Gasteiger partial charge < -0.3 is 21.1 Å². The first-order chi connectivity index (χ1) is 10.1. The van der Waals surface area contributed by atoms with Gasteiger partial charge >= 0.3 is 0 Å². The van der Waals surface area contributed by atoms with Crippen molar-refractivity contribution in [2.75, 3.05) is 26.2 Å². The average molecular weight is 291 g/mol. The molecule has 0 aromatic heterocycles. The number of aromatic hydroxyl groups is 1. The van der Waals surface area contributed by atoms with Crippen molar-refractivity contribution in [3.8, 4) is 5.75 Å². The molecule has 1 aliphatic rings. The summed E-state index contributed by atoms with van der Waals surface area (Å²) >= 11 is 0. The van der Waals surface area contributed by atoms with Crippen LogP contribution in [0.5, 0.6) is 5.75 Å². The minimum Gasteiger partial charge on any atom is -0.508 e. The van der Waals surface area contributed by atoms with Gasteiger partial charge in [0.15, 0.2) is 0 Å². The maximum absolute atomic E-state index is 12.0. The van der Waals surface area contributed by atoms with Crippen LogP contribution in [0.3, 0.4) is 0 Å². The van der Waals surface area contributed by atoms with Crippen LogP contribution in [0, 0.1) is 0 Å². The zero-order chi connectivity index (χ0) is 15.1. The first kappa shape index (κ1) is 15.8. The smallest absolute Gasteiger partial charge is 0.237 e. The monoisotopic (exact) mass is 291 g/mol. The molecule has 4 N–H and O–H groups in total. The van der Waals surface area contributed by atoms with E-state index in [1.807, 2.05) is 0 Å².